The Balaban J connectivity index is 1.97. The summed E-state index contributed by atoms with van der Waals surface area (Å²) < 4.78 is 14.7. The van der Waals surface area contributed by atoms with Gasteiger partial charge in [-0.15, -0.1) is 0 Å². The number of carbonyl (C=O) groups is 2. The number of hydrogen-bond acceptors (Lipinski definition) is 3. The van der Waals surface area contributed by atoms with Gasteiger partial charge in [-0.2, -0.15) is 0 Å². The fourth-order valence-corrected chi connectivity index (χ4v) is 3.57. The third-order valence-electron chi connectivity index (χ3n) is 4.80. The monoisotopic (exact) mass is 407 g/mol. The number of amides is 1. The largest absolute Gasteiger partial charge is 0.507 e. The van der Waals surface area contributed by atoms with Crippen LogP contribution in [0.4, 0.5) is 10.1 Å². The van der Waals surface area contributed by atoms with E-state index in [4.69, 9.17) is 11.6 Å². The number of aliphatic hydroxyl groups is 1. The number of hydrogen-bond donors (Lipinski definition) is 1. The van der Waals surface area contributed by atoms with Crippen LogP contribution in [0.5, 0.6) is 0 Å². The molecule has 1 N–H and O–H groups in total. The molecule has 0 saturated carbocycles. The van der Waals surface area contributed by atoms with Crippen molar-refractivity contribution in [2.45, 2.75) is 6.04 Å². The van der Waals surface area contributed by atoms with Gasteiger partial charge in [-0.3, -0.25) is 14.5 Å². The fourth-order valence-electron chi connectivity index (χ4n) is 3.44. The van der Waals surface area contributed by atoms with Crippen molar-refractivity contribution in [1.29, 1.82) is 0 Å². The van der Waals surface area contributed by atoms with E-state index in [0.717, 1.165) is 0 Å². The van der Waals surface area contributed by atoms with Crippen LogP contribution in [0.1, 0.15) is 17.2 Å². The van der Waals surface area contributed by atoms with E-state index in [2.05, 4.69) is 0 Å². The molecule has 1 aliphatic rings. The summed E-state index contributed by atoms with van der Waals surface area (Å²) in [5.74, 6) is -2.67. The van der Waals surface area contributed by atoms with E-state index in [1.807, 2.05) is 0 Å². The SMILES string of the molecule is O=C1C(=O)N(c2ccc(Cl)cc2)C(c2ccccc2F)C1=C(O)c1ccccc1. The average molecular weight is 408 g/mol. The molecule has 1 saturated heterocycles. The molecule has 0 aromatic heterocycles. The number of ketones is 1. The molecule has 144 valence electrons. The van der Waals surface area contributed by atoms with Crippen molar-refractivity contribution < 1.29 is 19.1 Å². The van der Waals surface area contributed by atoms with Crippen molar-refractivity contribution in [3.63, 3.8) is 0 Å². The van der Waals surface area contributed by atoms with Gasteiger partial charge in [0.25, 0.3) is 11.7 Å². The van der Waals surface area contributed by atoms with Crippen LogP contribution < -0.4 is 4.90 Å². The highest BCUT2D eigenvalue weighted by Gasteiger charge is 2.47. The van der Waals surface area contributed by atoms with Gasteiger partial charge < -0.3 is 5.11 Å². The summed E-state index contributed by atoms with van der Waals surface area (Å²) in [5, 5.41) is 11.3. The Bertz CT molecular complexity index is 1130. The van der Waals surface area contributed by atoms with Crippen LogP contribution in [0, 0.1) is 5.82 Å². The molecule has 1 unspecified atom stereocenters. The third-order valence-corrected chi connectivity index (χ3v) is 5.05. The van der Waals surface area contributed by atoms with Crippen molar-refractivity contribution >= 4 is 34.7 Å². The molecule has 3 aromatic carbocycles. The van der Waals surface area contributed by atoms with E-state index in [9.17, 15) is 19.1 Å². The van der Waals surface area contributed by atoms with E-state index < -0.39 is 23.5 Å². The van der Waals surface area contributed by atoms with Crippen LogP contribution >= 0.6 is 11.6 Å². The molecule has 0 aliphatic carbocycles. The minimum Gasteiger partial charge on any atom is -0.507 e. The third kappa shape index (κ3) is 3.30. The van der Waals surface area contributed by atoms with E-state index in [1.54, 1.807) is 60.7 Å². The average Bonchev–Trinajstić information content (AvgIpc) is 3.00. The Morgan fingerprint density at radius 1 is 0.897 bits per heavy atom. The number of benzene rings is 3. The second-order valence-electron chi connectivity index (χ2n) is 6.53. The van der Waals surface area contributed by atoms with E-state index >= 15 is 0 Å². The molecule has 1 aliphatic heterocycles. The Morgan fingerprint density at radius 2 is 1.52 bits per heavy atom. The second kappa shape index (κ2) is 7.53. The first-order valence-corrected chi connectivity index (χ1v) is 9.23. The van der Waals surface area contributed by atoms with Crippen LogP contribution in [0.25, 0.3) is 5.76 Å². The predicted octanol–water partition coefficient (Wildman–Crippen LogP) is 5.11. The maximum Gasteiger partial charge on any atom is 0.300 e. The maximum atomic E-state index is 14.7. The van der Waals surface area contributed by atoms with Gasteiger partial charge in [-0.05, 0) is 30.3 Å². The van der Waals surface area contributed by atoms with Crippen molar-refractivity contribution in [2.75, 3.05) is 4.90 Å². The maximum absolute atomic E-state index is 14.7. The Morgan fingerprint density at radius 3 is 2.17 bits per heavy atom. The summed E-state index contributed by atoms with van der Waals surface area (Å²) in [5.41, 5.74) is 0.681. The molecule has 1 heterocycles. The number of halogens is 2. The van der Waals surface area contributed by atoms with Gasteiger partial charge in [0, 0.05) is 21.8 Å². The van der Waals surface area contributed by atoms with Crippen LogP contribution in [-0.2, 0) is 9.59 Å². The highest BCUT2D eigenvalue weighted by molar-refractivity contribution is 6.51. The second-order valence-corrected chi connectivity index (χ2v) is 6.97. The van der Waals surface area contributed by atoms with E-state index in [-0.39, 0.29) is 16.9 Å². The summed E-state index contributed by atoms with van der Waals surface area (Å²) in [4.78, 5) is 27.0. The summed E-state index contributed by atoms with van der Waals surface area (Å²) >= 11 is 5.94. The van der Waals surface area contributed by atoms with E-state index in [1.165, 1.54) is 23.1 Å². The van der Waals surface area contributed by atoms with Crippen molar-refractivity contribution in [2.24, 2.45) is 0 Å². The lowest BCUT2D eigenvalue weighted by atomic mass is 9.95. The Labute approximate surface area is 171 Å². The molecular formula is C23H15ClFNO3. The van der Waals surface area contributed by atoms with Crippen LogP contribution in [0.15, 0.2) is 84.4 Å². The molecule has 1 atom stereocenters. The minimum absolute atomic E-state index is 0.110. The number of nitrogens with zero attached hydrogens (tertiary/aromatic N) is 1. The van der Waals surface area contributed by atoms with Gasteiger partial charge in [0.2, 0.25) is 0 Å². The number of Topliss-reactive ketones (excluding diaryl/α,β-unsaturated/α-hetero) is 1. The van der Waals surface area contributed by atoms with Gasteiger partial charge in [-0.25, -0.2) is 4.39 Å². The van der Waals surface area contributed by atoms with Gasteiger partial charge in [0.15, 0.2) is 0 Å². The molecule has 4 rings (SSSR count). The van der Waals surface area contributed by atoms with Crippen molar-refractivity contribution in [3.8, 4) is 0 Å². The number of aliphatic hydroxyl groups excluding tert-OH is 1. The van der Waals surface area contributed by atoms with Gasteiger partial charge in [-0.1, -0.05) is 60.1 Å². The summed E-state index contributed by atoms with van der Waals surface area (Å²) in [6, 6.07) is 19.4. The smallest absolute Gasteiger partial charge is 0.300 e. The molecule has 0 radical (unpaired) electrons. The van der Waals surface area contributed by atoms with Crippen molar-refractivity contribution in [3.05, 3.63) is 106 Å². The van der Waals surface area contributed by atoms with E-state index in [0.29, 0.717) is 16.3 Å². The highest BCUT2D eigenvalue weighted by Crippen LogP contribution is 2.42. The fraction of sp³-hybridized carbons (Fsp3) is 0.0435. The lowest BCUT2D eigenvalue weighted by Crippen LogP contribution is -2.29. The standard InChI is InChI=1S/C23H15ClFNO3/c24-15-10-12-16(13-11-15)26-20(17-8-4-5-9-18(17)25)19(22(28)23(26)29)21(27)14-6-2-1-3-7-14/h1-13,20,27H. The van der Waals surface area contributed by atoms with Crippen LogP contribution in [0.2, 0.25) is 5.02 Å². The molecule has 3 aromatic rings. The summed E-state index contributed by atoms with van der Waals surface area (Å²) in [6.07, 6.45) is 0. The van der Waals surface area contributed by atoms with Crippen LogP contribution in [-0.4, -0.2) is 16.8 Å². The number of anilines is 1. The first-order chi connectivity index (χ1) is 14.0. The quantitative estimate of drug-likeness (QED) is 0.373. The molecule has 0 bridgehead atoms. The minimum atomic E-state index is -1.11. The number of rotatable bonds is 3. The molecule has 0 spiro atoms. The molecular weight excluding hydrogens is 393 g/mol. The Kier molecular flexibility index (Phi) is 4.91. The lowest BCUT2D eigenvalue weighted by molar-refractivity contribution is -0.132. The van der Waals surface area contributed by atoms with Crippen LogP contribution in [0.3, 0.4) is 0 Å². The highest BCUT2D eigenvalue weighted by atomic mass is 35.5. The summed E-state index contributed by atoms with van der Waals surface area (Å²) in [6.45, 7) is 0. The van der Waals surface area contributed by atoms with Gasteiger partial charge >= 0.3 is 0 Å². The first-order valence-electron chi connectivity index (χ1n) is 8.85. The normalized spacial score (nSPS) is 18.3. The predicted molar refractivity (Wildman–Crippen MR) is 109 cm³/mol. The Hall–Kier alpha value is -3.44. The molecule has 4 nitrogen and oxygen atoms in total. The zero-order chi connectivity index (χ0) is 20.5. The topological polar surface area (TPSA) is 57.6 Å². The zero-order valence-corrected chi connectivity index (χ0v) is 15.8. The summed E-state index contributed by atoms with van der Waals surface area (Å²) in [7, 11) is 0. The van der Waals surface area contributed by atoms with Gasteiger partial charge in [0.05, 0.1) is 11.6 Å². The molecule has 6 heteroatoms. The lowest BCUT2D eigenvalue weighted by Gasteiger charge is -2.25. The van der Waals surface area contributed by atoms with Gasteiger partial charge in [0.1, 0.15) is 11.6 Å². The molecule has 1 fully saturated rings. The number of carbonyl (C=O) groups excluding carboxylic acids is 2. The zero-order valence-electron chi connectivity index (χ0n) is 15.0. The van der Waals surface area contributed by atoms with Crippen molar-refractivity contribution in [1.82, 2.24) is 0 Å². The first kappa shape index (κ1) is 18.9. The molecule has 29 heavy (non-hydrogen) atoms. The molecule has 1 amide bonds.